The van der Waals surface area contributed by atoms with E-state index in [4.69, 9.17) is 4.74 Å². The number of benzene rings is 1. The van der Waals surface area contributed by atoms with Gasteiger partial charge in [-0.15, -0.1) is 0 Å². The number of carbonyl (C=O) groups excluding carboxylic acids is 1. The maximum Gasteiger partial charge on any atom is 0.358 e. The first-order chi connectivity index (χ1) is 14.6. The van der Waals surface area contributed by atoms with Crippen LogP contribution in [-0.2, 0) is 6.42 Å². The third-order valence-corrected chi connectivity index (χ3v) is 5.09. The minimum Gasteiger partial charge on any atom is -0.493 e. The number of aromatic carboxylic acids is 1. The fourth-order valence-corrected chi connectivity index (χ4v) is 3.40. The van der Waals surface area contributed by atoms with Gasteiger partial charge in [0.1, 0.15) is 0 Å². The Hall–Kier alpha value is -2.89. The molecule has 0 radical (unpaired) electrons. The summed E-state index contributed by atoms with van der Waals surface area (Å²) in [6.45, 7) is 2.24. The Morgan fingerprint density at radius 3 is 2.20 bits per heavy atom. The van der Waals surface area contributed by atoms with E-state index in [-0.39, 0.29) is 17.0 Å². The van der Waals surface area contributed by atoms with Crippen molar-refractivity contribution in [1.29, 1.82) is 0 Å². The van der Waals surface area contributed by atoms with Crippen molar-refractivity contribution in [2.75, 3.05) is 12.4 Å². The van der Waals surface area contributed by atoms with Crippen LogP contribution in [0.4, 0.5) is 5.69 Å². The van der Waals surface area contributed by atoms with Gasteiger partial charge < -0.3 is 15.2 Å². The van der Waals surface area contributed by atoms with Crippen LogP contribution in [0.15, 0.2) is 36.5 Å². The van der Waals surface area contributed by atoms with Crippen molar-refractivity contribution >= 4 is 17.6 Å². The third kappa shape index (κ3) is 7.17. The minimum absolute atomic E-state index is 0.0474. The largest absolute Gasteiger partial charge is 0.493 e. The Kier molecular flexibility index (Phi) is 9.84. The molecule has 1 aromatic carbocycles. The van der Waals surface area contributed by atoms with Crippen LogP contribution in [0.3, 0.4) is 0 Å². The molecule has 2 rings (SSSR count). The van der Waals surface area contributed by atoms with E-state index in [0.29, 0.717) is 5.69 Å². The van der Waals surface area contributed by atoms with E-state index in [1.807, 2.05) is 24.3 Å². The first-order valence-electron chi connectivity index (χ1n) is 10.7. The minimum atomic E-state index is -1.24. The number of nitrogens with zero attached hydrogens (tertiary/aromatic N) is 1. The number of hydrogen-bond donors (Lipinski definition) is 2. The molecule has 1 heterocycles. The standard InChI is InChI=1S/C24H32N2O4/c1-3-4-5-6-7-8-9-10-11-18-12-14-19(15-13-18)26-23(27)20-16-17-25-21(24(28)29)22(20)30-2/h12-17H,3-11H2,1-2H3,(H,26,27)(H,28,29). The van der Waals surface area contributed by atoms with Gasteiger partial charge >= 0.3 is 5.97 Å². The van der Waals surface area contributed by atoms with Gasteiger partial charge in [-0.25, -0.2) is 9.78 Å². The summed E-state index contributed by atoms with van der Waals surface area (Å²) >= 11 is 0. The molecule has 30 heavy (non-hydrogen) atoms. The van der Waals surface area contributed by atoms with Gasteiger partial charge in [-0.1, -0.05) is 64.0 Å². The second-order valence-corrected chi connectivity index (χ2v) is 7.42. The van der Waals surface area contributed by atoms with E-state index in [1.165, 1.54) is 76.3 Å². The Bertz CT molecular complexity index is 818. The number of anilines is 1. The van der Waals surface area contributed by atoms with Gasteiger partial charge in [0.25, 0.3) is 5.91 Å². The van der Waals surface area contributed by atoms with Crippen LogP contribution in [0.2, 0.25) is 0 Å². The Morgan fingerprint density at radius 2 is 1.60 bits per heavy atom. The van der Waals surface area contributed by atoms with Crippen molar-refractivity contribution in [3.8, 4) is 5.75 Å². The number of unbranched alkanes of at least 4 members (excludes halogenated alkanes) is 7. The summed E-state index contributed by atoms with van der Waals surface area (Å²) in [4.78, 5) is 27.6. The van der Waals surface area contributed by atoms with Gasteiger partial charge in [0.15, 0.2) is 11.4 Å². The van der Waals surface area contributed by atoms with Crippen molar-refractivity contribution in [1.82, 2.24) is 4.98 Å². The number of nitrogens with one attached hydrogen (secondary N) is 1. The molecule has 2 aromatic rings. The van der Waals surface area contributed by atoms with Crippen LogP contribution < -0.4 is 10.1 Å². The lowest BCUT2D eigenvalue weighted by Gasteiger charge is -2.11. The highest BCUT2D eigenvalue weighted by atomic mass is 16.5. The van der Waals surface area contributed by atoms with E-state index >= 15 is 0 Å². The average molecular weight is 413 g/mol. The zero-order chi connectivity index (χ0) is 21.8. The highest BCUT2D eigenvalue weighted by Gasteiger charge is 2.21. The van der Waals surface area contributed by atoms with E-state index in [2.05, 4.69) is 17.2 Å². The number of aromatic nitrogens is 1. The number of aryl methyl sites for hydroxylation is 1. The summed E-state index contributed by atoms with van der Waals surface area (Å²) < 4.78 is 5.10. The predicted octanol–water partition coefficient (Wildman–Crippen LogP) is 5.72. The van der Waals surface area contributed by atoms with Crippen molar-refractivity contribution < 1.29 is 19.4 Å². The van der Waals surface area contributed by atoms with Crippen molar-refractivity contribution in [3.63, 3.8) is 0 Å². The predicted molar refractivity (Wildman–Crippen MR) is 118 cm³/mol. The maximum absolute atomic E-state index is 12.6. The summed E-state index contributed by atoms with van der Waals surface area (Å²) in [7, 11) is 1.32. The molecule has 0 spiro atoms. The molecular formula is C24H32N2O4. The van der Waals surface area contributed by atoms with Gasteiger partial charge in [-0.05, 0) is 36.6 Å². The molecule has 0 saturated heterocycles. The lowest BCUT2D eigenvalue weighted by molar-refractivity contribution is 0.0686. The molecule has 0 saturated carbocycles. The number of rotatable bonds is 13. The molecule has 162 valence electrons. The molecule has 6 heteroatoms. The molecule has 0 aliphatic heterocycles. The molecule has 0 aliphatic rings. The third-order valence-electron chi connectivity index (χ3n) is 5.09. The second kappa shape index (κ2) is 12.6. The van der Waals surface area contributed by atoms with Gasteiger partial charge in [0.05, 0.1) is 12.7 Å². The van der Waals surface area contributed by atoms with E-state index in [9.17, 15) is 14.7 Å². The van der Waals surface area contributed by atoms with Crippen LogP contribution in [0.5, 0.6) is 5.75 Å². The number of hydrogen-bond acceptors (Lipinski definition) is 4. The van der Waals surface area contributed by atoms with Crippen LogP contribution in [0, 0.1) is 0 Å². The van der Waals surface area contributed by atoms with E-state index in [1.54, 1.807) is 0 Å². The van der Waals surface area contributed by atoms with E-state index in [0.717, 1.165) is 6.42 Å². The zero-order valence-corrected chi connectivity index (χ0v) is 17.9. The first kappa shape index (κ1) is 23.4. The summed E-state index contributed by atoms with van der Waals surface area (Å²) in [5, 5.41) is 12.0. The lowest BCUT2D eigenvalue weighted by atomic mass is 10.0. The molecule has 0 aliphatic carbocycles. The number of amides is 1. The Morgan fingerprint density at radius 1 is 0.967 bits per heavy atom. The monoisotopic (exact) mass is 412 g/mol. The normalized spacial score (nSPS) is 10.6. The fourth-order valence-electron chi connectivity index (χ4n) is 3.40. The smallest absolute Gasteiger partial charge is 0.358 e. The van der Waals surface area contributed by atoms with Crippen LogP contribution in [0.25, 0.3) is 0 Å². The summed E-state index contributed by atoms with van der Waals surface area (Å²) in [6.07, 6.45) is 12.7. The van der Waals surface area contributed by atoms with Crippen LogP contribution >= 0.6 is 0 Å². The van der Waals surface area contributed by atoms with Crippen molar-refractivity contribution in [2.24, 2.45) is 0 Å². The highest BCUT2D eigenvalue weighted by molar-refractivity contribution is 6.08. The maximum atomic E-state index is 12.6. The van der Waals surface area contributed by atoms with Crippen molar-refractivity contribution in [2.45, 2.75) is 64.7 Å². The summed E-state index contributed by atoms with van der Waals surface area (Å²) in [5.41, 5.74) is 1.74. The SMILES string of the molecule is CCCCCCCCCCc1ccc(NC(=O)c2ccnc(C(=O)O)c2OC)cc1. The molecule has 6 nitrogen and oxygen atoms in total. The quantitative estimate of drug-likeness (QED) is 0.411. The second-order valence-electron chi connectivity index (χ2n) is 7.42. The van der Waals surface area contributed by atoms with Crippen LogP contribution in [-0.4, -0.2) is 29.1 Å². The van der Waals surface area contributed by atoms with Gasteiger partial charge in [-0.2, -0.15) is 0 Å². The lowest BCUT2D eigenvalue weighted by Crippen LogP contribution is -2.16. The summed E-state index contributed by atoms with van der Waals surface area (Å²) in [5.74, 6) is -1.73. The van der Waals surface area contributed by atoms with Gasteiger partial charge in [-0.3, -0.25) is 4.79 Å². The molecule has 0 unspecified atom stereocenters. The molecular weight excluding hydrogens is 380 g/mol. The molecule has 1 aromatic heterocycles. The summed E-state index contributed by atoms with van der Waals surface area (Å²) in [6, 6.07) is 9.21. The topological polar surface area (TPSA) is 88.5 Å². The first-order valence-corrected chi connectivity index (χ1v) is 10.7. The van der Waals surface area contributed by atoms with Gasteiger partial charge in [0, 0.05) is 11.9 Å². The Balaban J connectivity index is 1.84. The average Bonchev–Trinajstić information content (AvgIpc) is 2.76. The molecule has 0 bridgehead atoms. The number of pyridine rings is 1. The Labute approximate surface area is 178 Å². The number of ether oxygens (including phenoxy) is 1. The fraction of sp³-hybridized carbons (Fsp3) is 0.458. The molecule has 1 amide bonds. The number of methoxy groups -OCH3 is 1. The van der Waals surface area contributed by atoms with E-state index < -0.39 is 11.9 Å². The van der Waals surface area contributed by atoms with Crippen molar-refractivity contribution in [3.05, 3.63) is 53.3 Å². The van der Waals surface area contributed by atoms with Gasteiger partial charge in [0.2, 0.25) is 0 Å². The highest BCUT2D eigenvalue weighted by Crippen LogP contribution is 2.23. The number of carbonyl (C=O) groups is 2. The number of carboxylic acids is 1. The molecule has 2 N–H and O–H groups in total. The molecule has 0 atom stereocenters. The number of carboxylic acid groups (broad SMARTS) is 1. The van der Waals surface area contributed by atoms with Crippen LogP contribution in [0.1, 0.15) is 84.7 Å². The zero-order valence-electron chi connectivity index (χ0n) is 17.9. The molecule has 0 fully saturated rings.